The van der Waals surface area contributed by atoms with Crippen LogP contribution in [0.3, 0.4) is 0 Å². The van der Waals surface area contributed by atoms with Gasteiger partial charge in [0.15, 0.2) is 0 Å². The predicted octanol–water partition coefficient (Wildman–Crippen LogP) is 4.31. The molecular weight excluding hydrogens is 432 g/mol. The number of carbonyl (C=O) groups excluding carboxylic acids is 2. The molecule has 2 aromatic rings. The van der Waals surface area contributed by atoms with Gasteiger partial charge in [-0.2, -0.15) is 0 Å². The molecular formula is C27H32N2O5. The molecule has 3 atom stereocenters. The third-order valence-electron chi connectivity index (χ3n) is 6.92. The second kappa shape index (κ2) is 10.3. The van der Waals surface area contributed by atoms with Crippen LogP contribution in [0.4, 0.5) is 4.79 Å². The summed E-state index contributed by atoms with van der Waals surface area (Å²) in [5.41, 5.74) is 4.58. The second-order valence-corrected chi connectivity index (χ2v) is 9.67. The highest BCUT2D eigenvalue weighted by molar-refractivity contribution is 5.86. The number of carbonyl (C=O) groups is 3. The van der Waals surface area contributed by atoms with E-state index < -0.39 is 18.1 Å². The number of alkyl carbamates (subject to hydrolysis) is 1. The smallest absolute Gasteiger partial charge is 0.407 e. The Morgan fingerprint density at radius 1 is 1.00 bits per heavy atom. The van der Waals surface area contributed by atoms with E-state index in [9.17, 15) is 14.4 Å². The number of fused-ring (bicyclic) bond motifs is 3. The number of carboxylic acids is 1. The molecule has 2 aliphatic carbocycles. The molecule has 34 heavy (non-hydrogen) atoms. The monoisotopic (exact) mass is 464 g/mol. The quantitative estimate of drug-likeness (QED) is 0.540. The Balaban J connectivity index is 1.34. The van der Waals surface area contributed by atoms with Crippen LogP contribution in [0.1, 0.15) is 56.6 Å². The van der Waals surface area contributed by atoms with Gasteiger partial charge in [-0.25, -0.2) is 4.79 Å². The van der Waals surface area contributed by atoms with Crippen molar-refractivity contribution >= 4 is 18.0 Å². The lowest BCUT2D eigenvalue weighted by Gasteiger charge is -2.24. The topological polar surface area (TPSA) is 105 Å². The number of rotatable bonds is 8. The molecule has 2 amide bonds. The predicted molar refractivity (Wildman–Crippen MR) is 128 cm³/mol. The van der Waals surface area contributed by atoms with E-state index in [1.807, 2.05) is 38.1 Å². The maximum Gasteiger partial charge on any atom is 0.407 e. The summed E-state index contributed by atoms with van der Waals surface area (Å²) in [5, 5.41) is 14.7. The van der Waals surface area contributed by atoms with Gasteiger partial charge in [-0.15, -0.1) is 0 Å². The molecule has 180 valence electrons. The van der Waals surface area contributed by atoms with Crippen LogP contribution in [0, 0.1) is 11.8 Å². The Morgan fingerprint density at radius 2 is 1.62 bits per heavy atom. The van der Waals surface area contributed by atoms with E-state index in [0.29, 0.717) is 6.42 Å². The van der Waals surface area contributed by atoms with Crippen molar-refractivity contribution in [3.05, 3.63) is 59.7 Å². The normalized spacial score (nSPS) is 19.9. The first kappa shape index (κ1) is 23.8. The van der Waals surface area contributed by atoms with Crippen LogP contribution in [0.2, 0.25) is 0 Å². The fourth-order valence-corrected chi connectivity index (χ4v) is 5.23. The van der Waals surface area contributed by atoms with Crippen LogP contribution in [0.25, 0.3) is 11.1 Å². The third-order valence-corrected chi connectivity index (χ3v) is 6.92. The molecule has 7 heteroatoms. The van der Waals surface area contributed by atoms with Gasteiger partial charge in [-0.05, 0) is 53.4 Å². The summed E-state index contributed by atoms with van der Waals surface area (Å²) in [6.07, 6.45) is 1.68. The van der Waals surface area contributed by atoms with E-state index >= 15 is 0 Å². The fraction of sp³-hybridized carbons (Fsp3) is 0.444. The number of carboxylic acid groups (broad SMARTS) is 1. The minimum atomic E-state index is -0.811. The molecule has 1 fully saturated rings. The molecule has 0 aromatic heterocycles. The highest BCUT2D eigenvalue weighted by atomic mass is 16.5. The summed E-state index contributed by atoms with van der Waals surface area (Å²) in [7, 11) is 0. The molecule has 0 saturated heterocycles. The Hall–Kier alpha value is -3.35. The zero-order chi connectivity index (χ0) is 24.2. The lowest BCUT2D eigenvalue weighted by atomic mass is 9.98. The minimum Gasteiger partial charge on any atom is -0.481 e. The van der Waals surface area contributed by atoms with E-state index in [4.69, 9.17) is 9.84 Å². The number of hydrogen-bond donors (Lipinski definition) is 3. The number of amides is 2. The molecule has 0 radical (unpaired) electrons. The molecule has 7 nitrogen and oxygen atoms in total. The average Bonchev–Trinajstić information content (AvgIpc) is 3.37. The van der Waals surface area contributed by atoms with Crippen LogP contribution in [-0.2, 0) is 14.3 Å². The first-order chi connectivity index (χ1) is 16.3. The third kappa shape index (κ3) is 5.24. The first-order valence-electron chi connectivity index (χ1n) is 12.0. The van der Waals surface area contributed by atoms with E-state index in [2.05, 4.69) is 34.9 Å². The summed E-state index contributed by atoms with van der Waals surface area (Å²) in [5.74, 6) is -1.17. The van der Waals surface area contributed by atoms with E-state index in [1.165, 1.54) is 0 Å². The number of benzene rings is 2. The van der Waals surface area contributed by atoms with Crippen molar-refractivity contribution in [2.45, 2.75) is 57.5 Å². The SMILES string of the molecule is CC(C)[C@H](NC(=O)OCC1c2ccccc2-c2ccccc21)C(=O)NC1CCC(CC(=O)O)C1. The van der Waals surface area contributed by atoms with Crippen molar-refractivity contribution < 1.29 is 24.2 Å². The van der Waals surface area contributed by atoms with E-state index in [1.54, 1.807) is 0 Å². The van der Waals surface area contributed by atoms with Gasteiger partial charge in [-0.1, -0.05) is 62.4 Å². The highest BCUT2D eigenvalue weighted by Gasteiger charge is 2.32. The highest BCUT2D eigenvalue weighted by Crippen LogP contribution is 2.44. The maximum absolute atomic E-state index is 12.9. The number of hydrogen-bond acceptors (Lipinski definition) is 4. The van der Waals surface area contributed by atoms with Gasteiger partial charge in [0.2, 0.25) is 5.91 Å². The average molecular weight is 465 g/mol. The molecule has 0 spiro atoms. The van der Waals surface area contributed by atoms with Gasteiger partial charge in [0.05, 0.1) is 0 Å². The van der Waals surface area contributed by atoms with Crippen molar-refractivity contribution in [2.24, 2.45) is 11.8 Å². The van der Waals surface area contributed by atoms with E-state index in [-0.39, 0.29) is 42.7 Å². The standard InChI is InChI=1S/C27H32N2O5/c1-16(2)25(26(32)28-18-12-11-17(13-18)14-24(30)31)29-27(33)34-15-23-21-9-5-3-7-19(21)20-8-4-6-10-22(20)23/h3-10,16-18,23,25H,11-15H2,1-2H3,(H,28,32)(H,29,33)(H,30,31)/t17?,18?,25-/m0/s1. The van der Waals surface area contributed by atoms with Gasteiger partial charge in [0.1, 0.15) is 12.6 Å². The Labute approximate surface area is 199 Å². The Morgan fingerprint density at radius 3 is 2.21 bits per heavy atom. The molecule has 2 aromatic carbocycles. The van der Waals surface area contributed by atoms with Gasteiger partial charge in [0, 0.05) is 18.4 Å². The number of ether oxygens (including phenoxy) is 1. The summed E-state index contributed by atoms with van der Waals surface area (Å²) >= 11 is 0. The van der Waals surface area contributed by atoms with Crippen molar-refractivity contribution in [1.82, 2.24) is 10.6 Å². The molecule has 3 N–H and O–H groups in total. The largest absolute Gasteiger partial charge is 0.481 e. The van der Waals surface area contributed by atoms with Crippen LogP contribution in [0.5, 0.6) is 0 Å². The van der Waals surface area contributed by atoms with Crippen molar-refractivity contribution in [3.8, 4) is 11.1 Å². The van der Waals surface area contributed by atoms with Crippen LogP contribution in [-0.4, -0.2) is 41.8 Å². The Kier molecular flexibility index (Phi) is 7.20. The molecule has 2 unspecified atom stereocenters. The molecule has 0 heterocycles. The van der Waals surface area contributed by atoms with Crippen LogP contribution < -0.4 is 10.6 Å². The van der Waals surface area contributed by atoms with Crippen molar-refractivity contribution in [1.29, 1.82) is 0 Å². The Bertz CT molecular complexity index is 1020. The van der Waals surface area contributed by atoms with Gasteiger partial charge in [0.25, 0.3) is 0 Å². The lowest BCUT2D eigenvalue weighted by molar-refractivity contribution is -0.138. The van der Waals surface area contributed by atoms with E-state index in [0.717, 1.165) is 35.1 Å². The number of nitrogens with one attached hydrogen (secondary N) is 2. The molecule has 0 bridgehead atoms. The van der Waals surface area contributed by atoms with Crippen molar-refractivity contribution in [3.63, 3.8) is 0 Å². The molecule has 4 rings (SSSR count). The van der Waals surface area contributed by atoms with Gasteiger partial charge in [-0.3, -0.25) is 9.59 Å². The summed E-state index contributed by atoms with van der Waals surface area (Å²) in [6.45, 7) is 3.93. The molecule has 1 saturated carbocycles. The van der Waals surface area contributed by atoms with Crippen molar-refractivity contribution in [2.75, 3.05) is 6.61 Å². The fourth-order valence-electron chi connectivity index (χ4n) is 5.23. The lowest BCUT2D eigenvalue weighted by Crippen LogP contribution is -2.52. The summed E-state index contributed by atoms with van der Waals surface area (Å²) in [6, 6.07) is 15.5. The zero-order valence-corrected chi connectivity index (χ0v) is 19.6. The minimum absolute atomic E-state index is 0.0471. The van der Waals surface area contributed by atoms with Gasteiger partial charge < -0.3 is 20.5 Å². The molecule has 0 aliphatic heterocycles. The van der Waals surface area contributed by atoms with Crippen LogP contribution >= 0.6 is 0 Å². The number of aliphatic carboxylic acids is 1. The van der Waals surface area contributed by atoms with Gasteiger partial charge >= 0.3 is 12.1 Å². The molecule has 2 aliphatic rings. The second-order valence-electron chi connectivity index (χ2n) is 9.67. The summed E-state index contributed by atoms with van der Waals surface area (Å²) < 4.78 is 5.61. The zero-order valence-electron chi connectivity index (χ0n) is 19.6. The summed E-state index contributed by atoms with van der Waals surface area (Å²) in [4.78, 5) is 36.5. The first-order valence-corrected chi connectivity index (χ1v) is 12.0. The van der Waals surface area contributed by atoms with Crippen LogP contribution in [0.15, 0.2) is 48.5 Å². The maximum atomic E-state index is 12.9.